The van der Waals surface area contributed by atoms with Crippen LogP contribution in [-0.4, -0.2) is 84.4 Å². The molecule has 0 radical (unpaired) electrons. The molecule has 0 unspecified atom stereocenters. The van der Waals surface area contributed by atoms with Gasteiger partial charge in [0.05, 0.1) is 28.7 Å². The number of anilines is 1. The highest BCUT2D eigenvalue weighted by Gasteiger charge is 2.30. The summed E-state index contributed by atoms with van der Waals surface area (Å²) in [6, 6.07) is 10.1. The van der Waals surface area contributed by atoms with E-state index < -0.39 is 14.9 Å². The molecule has 12 heteroatoms. The molecular formula is C22H26N6O5S. The Hall–Kier alpha value is -3.06. The largest absolute Gasteiger partial charge is 0.379 e. The SMILES string of the molecule is O=[N+]([O-])c1cc(S(=O)(=O)N2CCOCC2)ccc1N1CCN(Cc2cn3ccccc3n2)CC1. The molecule has 11 nitrogen and oxygen atoms in total. The Bertz CT molecular complexity index is 1260. The van der Waals surface area contributed by atoms with E-state index in [0.717, 1.165) is 24.4 Å². The third-order valence-electron chi connectivity index (χ3n) is 6.26. The number of aromatic nitrogens is 2. The first-order chi connectivity index (χ1) is 16.4. The lowest BCUT2D eigenvalue weighted by molar-refractivity contribution is -0.384. The van der Waals surface area contributed by atoms with Crippen LogP contribution in [0.2, 0.25) is 0 Å². The van der Waals surface area contributed by atoms with Crippen LogP contribution < -0.4 is 4.90 Å². The van der Waals surface area contributed by atoms with Crippen molar-refractivity contribution in [2.75, 3.05) is 57.4 Å². The number of hydrogen-bond acceptors (Lipinski definition) is 8. The second-order valence-corrected chi connectivity index (χ2v) is 10.3. The van der Waals surface area contributed by atoms with Crippen molar-refractivity contribution in [1.29, 1.82) is 0 Å². The number of nitro groups is 1. The summed E-state index contributed by atoms with van der Waals surface area (Å²) in [6.45, 7) is 4.47. The Morgan fingerprint density at radius 1 is 1.03 bits per heavy atom. The molecule has 2 aliphatic rings. The van der Waals surface area contributed by atoms with Gasteiger partial charge in [0.2, 0.25) is 10.0 Å². The van der Waals surface area contributed by atoms with Crippen LogP contribution in [0.4, 0.5) is 11.4 Å². The van der Waals surface area contributed by atoms with Gasteiger partial charge in [-0.1, -0.05) is 6.07 Å². The zero-order chi connectivity index (χ0) is 23.7. The Morgan fingerprint density at radius 2 is 1.79 bits per heavy atom. The predicted molar refractivity (Wildman–Crippen MR) is 125 cm³/mol. The molecular weight excluding hydrogens is 460 g/mol. The van der Waals surface area contributed by atoms with E-state index in [-0.39, 0.29) is 23.7 Å². The lowest BCUT2D eigenvalue weighted by Crippen LogP contribution is -2.46. The molecule has 2 fully saturated rings. The molecule has 34 heavy (non-hydrogen) atoms. The fourth-order valence-corrected chi connectivity index (χ4v) is 5.88. The molecule has 2 aromatic heterocycles. The van der Waals surface area contributed by atoms with E-state index in [1.54, 1.807) is 6.07 Å². The Morgan fingerprint density at radius 3 is 2.50 bits per heavy atom. The molecule has 2 saturated heterocycles. The minimum absolute atomic E-state index is 0.0599. The van der Waals surface area contributed by atoms with E-state index in [0.29, 0.717) is 38.5 Å². The normalized spacial score (nSPS) is 18.4. The average Bonchev–Trinajstić information content (AvgIpc) is 3.27. The smallest absolute Gasteiger partial charge is 0.293 e. The summed E-state index contributed by atoms with van der Waals surface area (Å²) in [7, 11) is -3.81. The molecule has 2 aliphatic heterocycles. The van der Waals surface area contributed by atoms with Crippen molar-refractivity contribution >= 4 is 27.0 Å². The highest BCUT2D eigenvalue weighted by molar-refractivity contribution is 7.89. The number of benzene rings is 1. The van der Waals surface area contributed by atoms with Gasteiger partial charge in [0.15, 0.2) is 0 Å². The second-order valence-electron chi connectivity index (χ2n) is 8.39. The maximum atomic E-state index is 13.0. The number of nitrogens with zero attached hydrogens (tertiary/aromatic N) is 6. The highest BCUT2D eigenvalue weighted by Crippen LogP contribution is 2.32. The molecule has 5 rings (SSSR count). The number of sulfonamides is 1. The Labute approximate surface area is 197 Å². The third kappa shape index (κ3) is 4.49. The molecule has 180 valence electrons. The summed E-state index contributed by atoms with van der Waals surface area (Å²) in [5.74, 6) is 0. The van der Waals surface area contributed by atoms with Crippen molar-refractivity contribution < 1.29 is 18.1 Å². The lowest BCUT2D eigenvalue weighted by atomic mass is 10.2. The first-order valence-corrected chi connectivity index (χ1v) is 12.6. The van der Waals surface area contributed by atoms with Crippen molar-refractivity contribution in [2.45, 2.75) is 11.4 Å². The number of hydrogen-bond donors (Lipinski definition) is 0. The molecule has 0 N–H and O–H groups in total. The average molecular weight is 487 g/mol. The maximum absolute atomic E-state index is 13.0. The van der Waals surface area contributed by atoms with Crippen LogP contribution in [0.25, 0.3) is 5.65 Å². The standard InChI is InChI=1S/C22H26N6O5S/c29-28(30)21-15-19(34(31,32)27-11-13-33-14-12-27)4-5-20(21)25-9-7-24(8-10-25)16-18-17-26-6-2-1-3-22(26)23-18/h1-6,15,17H,7-14,16H2. The summed E-state index contributed by atoms with van der Waals surface area (Å²) >= 11 is 0. The molecule has 0 saturated carbocycles. The van der Waals surface area contributed by atoms with Crippen molar-refractivity contribution in [3.05, 3.63) is 64.6 Å². The quantitative estimate of drug-likeness (QED) is 0.381. The molecule has 0 aliphatic carbocycles. The predicted octanol–water partition coefficient (Wildman–Crippen LogP) is 1.59. The minimum Gasteiger partial charge on any atom is -0.379 e. The van der Waals surface area contributed by atoms with E-state index in [1.807, 2.05) is 39.9 Å². The van der Waals surface area contributed by atoms with Gasteiger partial charge in [0, 0.05) is 64.3 Å². The highest BCUT2D eigenvalue weighted by atomic mass is 32.2. The third-order valence-corrected chi connectivity index (χ3v) is 8.16. The number of imidazole rings is 1. The van der Waals surface area contributed by atoms with E-state index in [4.69, 9.17) is 4.74 Å². The number of pyridine rings is 1. The van der Waals surface area contributed by atoms with Gasteiger partial charge >= 0.3 is 0 Å². The molecule has 0 atom stereocenters. The Balaban J connectivity index is 1.29. The van der Waals surface area contributed by atoms with Crippen LogP contribution in [0, 0.1) is 10.1 Å². The first-order valence-electron chi connectivity index (χ1n) is 11.2. The first kappa shape index (κ1) is 22.7. The van der Waals surface area contributed by atoms with Crippen LogP contribution in [0.3, 0.4) is 0 Å². The number of nitro benzene ring substituents is 1. The summed E-state index contributed by atoms with van der Waals surface area (Å²) < 4.78 is 34.4. The summed E-state index contributed by atoms with van der Waals surface area (Å²) in [4.78, 5) is 20.1. The number of piperazine rings is 1. The monoisotopic (exact) mass is 486 g/mol. The van der Waals surface area contributed by atoms with Gasteiger partial charge < -0.3 is 14.0 Å². The molecule has 0 spiro atoms. The fourth-order valence-electron chi connectivity index (χ4n) is 4.45. The van der Waals surface area contributed by atoms with Gasteiger partial charge in [-0.15, -0.1) is 0 Å². The van der Waals surface area contributed by atoms with Gasteiger partial charge in [-0.3, -0.25) is 15.0 Å². The van der Waals surface area contributed by atoms with Crippen LogP contribution in [0.1, 0.15) is 5.69 Å². The molecule has 1 aromatic carbocycles. The summed E-state index contributed by atoms with van der Waals surface area (Å²) in [5, 5.41) is 11.8. The van der Waals surface area contributed by atoms with Gasteiger partial charge in [0.1, 0.15) is 11.3 Å². The Kier molecular flexibility index (Phi) is 6.21. The van der Waals surface area contributed by atoms with Gasteiger partial charge in [0.25, 0.3) is 5.69 Å². The topological polar surface area (TPSA) is 114 Å². The summed E-state index contributed by atoms with van der Waals surface area (Å²) in [6.07, 6.45) is 3.98. The fraction of sp³-hybridized carbons (Fsp3) is 0.409. The van der Waals surface area contributed by atoms with Crippen molar-refractivity contribution in [1.82, 2.24) is 18.6 Å². The number of fused-ring (bicyclic) bond motifs is 1. The van der Waals surface area contributed by atoms with Crippen LogP contribution >= 0.6 is 0 Å². The number of rotatable bonds is 6. The minimum atomic E-state index is -3.81. The van der Waals surface area contributed by atoms with E-state index in [9.17, 15) is 18.5 Å². The van der Waals surface area contributed by atoms with Crippen LogP contribution in [0.15, 0.2) is 53.7 Å². The van der Waals surface area contributed by atoms with Gasteiger partial charge in [-0.05, 0) is 24.3 Å². The molecule has 3 aromatic rings. The van der Waals surface area contributed by atoms with Crippen molar-refractivity contribution in [3.63, 3.8) is 0 Å². The van der Waals surface area contributed by atoms with E-state index >= 15 is 0 Å². The molecule has 0 bridgehead atoms. The molecule has 4 heterocycles. The lowest BCUT2D eigenvalue weighted by Gasteiger charge is -2.35. The van der Waals surface area contributed by atoms with Crippen molar-refractivity contribution in [3.8, 4) is 0 Å². The van der Waals surface area contributed by atoms with Crippen LogP contribution in [-0.2, 0) is 21.3 Å². The van der Waals surface area contributed by atoms with E-state index in [2.05, 4.69) is 9.88 Å². The summed E-state index contributed by atoms with van der Waals surface area (Å²) in [5.41, 5.74) is 2.13. The zero-order valence-electron chi connectivity index (χ0n) is 18.6. The van der Waals surface area contributed by atoms with Gasteiger partial charge in [-0.2, -0.15) is 4.31 Å². The molecule has 0 amide bonds. The van der Waals surface area contributed by atoms with Crippen molar-refractivity contribution in [2.24, 2.45) is 0 Å². The second kappa shape index (κ2) is 9.29. The maximum Gasteiger partial charge on any atom is 0.293 e. The van der Waals surface area contributed by atoms with E-state index in [1.165, 1.54) is 16.4 Å². The zero-order valence-corrected chi connectivity index (χ0v) is 19.4. The van der Waals surface area contributed by atoms with Crippen LogP contribution in [0.5, 0.6) is 0 Å². The van der Waals surface area contributed by atoms with Gasteiger partial charge in [-0.25, -0.2) is 13.4 Å². The number of ether oxygens (including phenoxy) is 1. The number of morpholine rings is 1.